The molecule has 0 spiro atoms. The van der Waals surface area contributed by atoms with Gasteiger partial charge in [-0.1, -0.05) is 12.1 Å². The van der Waals surface area contributed by atoms with Crippen LogP contribution in [0.3, 0.4) is 0 Å². The molecule has 0 radical (unpaired) electrons. The maximum Gasteiger partial charge on any atom is 0.243 e. The molecule has 1 aromatic carbocycles. The maximum atomic E-state index is 5.17. The maximum absolute atomic E-state index is 5.17. The highest BCUT2D eigenvalue weighted by Gasteiger charge is 2.09. The van der Waals surface area contributed by atoms with Crippen LogP contribution in [0.25, 0.3) is 5.65 Å². The summed E-state index contributed by atoms with van der Waals surface area (Å²) in [7, 11) is 1.66. The largest absolute Gasteiger partial charge is 0.497 e. The predicted octanol–water partition coefficient (Wildman–Crippen LogP) is 3.67. The van der Waals surface area contributed by atoms with Gasteiger partial charge in [0.25, 0.3) is 0 Å². The summed E-state index contributed by atoms with van der Waals surface area (Å²) in [6, 6.07) is 11.9. The monoisotopic (exact) mass is 346 g/mol. The number of nitrogens with zero attached hydrogens (tertiary/aromatic N) is 3. The first kappa shape index (κ1) is 13.9. The first-order chi connectivity index (χ1) is 10.2. The normalized spacial score (nSPS) is 12.3. The second-order valence-electron chi connectivity index (χ2n) is 4.72. The predicted molar refractivity (Wildman–Crippen MR) is 85.7 cm³/mol. The fraction of sp³-hybridized carbons (Fsp3) is 0.200. The van der Waals surface area contributed by atoms with Crippen LogP contribution in [0.15, 0.2) is 47.1 Å². The second kappa shape index (κ2) is 5.73. The summed E-state index contributed by atoms with van der Waals surface area (Å²) in [5, 5.41) is 7.72. The van der Waals surface area contributed by atoms with Gasteiger partial charge in [0.15, 0.2) is 5.65 Å². The van der Waals surface area contributed by atoms with Crippen LogP contribution in [0.1, 0.15) is 18.5 Å². The highest BCUT2D eigenvalue weighted by atomic mass is 79.9. The van der Waals surface area contributed by atoms with Gasteiger partial charge in [-0.2, -0.15) is 4.98 Å². The summed E-state index contributed by atoms with van der Waals surface area (Å²) in [4.78, 5) is 4.45. The Balaban J connectivity index is 1.79. The molecule has 2 heterocycles. The van der Waals surface area contributed by atoms with Gasteiger partial charge in [0.2, 0.25) is 5.95 Å². The Kier molecular flexibility index (Phi) is 3.79. The van der Waals surface area contributed by atoms with Crippen LogP contribution >= 0.6 is 15.9 Å². The number of nitrogens with one attached hydrogen (secondary N) is 1. The van der Waals surface area contributed by atoms with E-state index in [0.29, 0.717) is 5.95 Å². The van der Waals surface area contributed by atoms with Crippen LogP contribution in [0, 0.1) is 0 Å². The number of rotatable bonds is 4. The Hall–Kier alpha value is -2.08. The summed E-state index contributed by atoms with van der Waals surface area (Å²) in [6.45, 7) is 2.07. The number of aromatic nitrogens is 3. The molecule has 21 heavy (non-hydrogen) atoms. The fourth-order valence-electron chi connectivity index (χ4n) is 2.09. The number of methoxy groups -OCH3 is 1. The first-order valence-electron chi connectivity index (χ1n) is 6.58. The van der Waals surface area contributed by atoms with Gasteiger partial charge in [0.1, 0.15) is 5.75 Å². The molecule has 0 aliphatic rings. The summed E-state index contributed by atoms with van der Waals surface area (Å²) in [6.07, 6.45) is 1.88. The molecule has 108 valence electrons. The van der Waals surface area contributed by atoms with Crippen molar-refractivity contribution in [1.82, 2.24) is 14.6 Å². The van der Waals surface area contributed by atoms with Gasteiger partial charge in [0, 0.05) is 10.7 Å². The van der Waals surface area contributed by atoms with E-state index in [1.54, 1.807) is 11.6 Å². The zero-order valence-electron chi connectivity index (χ0n) is 11.7. The van der Waals surface area contributed by atoms with Crippen LogP contribution in [0.2, 0.25) is 0 Å². The Bertz CT molecular complexity index is 754. The molecule has 0 aliphatic heterocycles. The number of pyridine rings is 1. The highest BCUT2D eigenvalue weighted by Crippen LogP contribution is 2.20. The van der Waals surface area contributed by atoms with Crippen LogP contribution in [0.4, 0.5) is 5.95 Å². The molecule has 0 saturated heterocycles. The number of hydrogen-bond acceptors (Lipinski definition) is 4. The lowest BCUT2D eigenvalue weighted by Crippen LogP contribution is -2.07. The van der Waals surface area contributed by atoms with Gasteiger partial charge >= 0.3 is 0 Å². The van der Waals surface area contributed by atoms with Crippen molar-refractivity contribution in [2.45, 2.75) is 13.0 Å². The molecule has 1 unspecified atom stereocenters. The molecule has 1 N–H and O–H groups in total. The Morgan fingerprint density at radius 3 is 2.67 bits per heavy atom. The van der Waals surface area contributed by atoms with Crippen molar-refractivity contribution in [2.24, 2.45) is 0 Å². The van der Waals surface area contributed by atoms with Crippen molar-refractivity contribution >= 4 is 27.5 Å². The van der Waals surface area contributed by atoms with Crippen molar-refractivity contribution in [1.29, 1.82) is 0 Å². The average Bonchev–Trinajstić information content (AvgIpc) is 2.88. The van der Waals surface area contributed by atoms with E-state index < -0.39 is 0 Å². The summed E-state index contributed by atoms with van der Waals surface area (Å²) in [5.74, 6) is 1.46. The Morgan fingerprint density at radius 2 is 1.95 bits per heavy atom. The number of anilines is 1. The van der Waals surface area contributed by atoms with E-state index in [1.165, 1.54) is 0 Å². The van der Waals surface area contributed by atoms with Crippen LogP contribution in [-0.4, -0.2) is 21.7 Å². The second-order valence-corrected chi connectivity index (χ2v) is 5.64. The molecule has 0 fully saturated rings. The van der Waals surface area contributed by atoms with Gasteiger partial charge in [0.05, 0.1) is 13.2 Å². The van der Waals surface area contributed by atoms with E-state index >= 15 is 0 Å². The van der Waals surface area contributed by atoms with Crippen LogP contribution in [-0.2, 0) is 0 Å². The molecule has 0 bridgehead atoms. The molecule has 0 saturated carbocycles. The van der Waals surface area contributed by atoms with Crippen molar-refractivity contribution in [3.8, 4) is 5.75 Å². The van der Waals surface area contributed by atoms with E-state index in [2.05, 4.69) is 38.3 Å². The van der Waals surface area contributed by atoms with Crippen molar-refractivity contribution < 1.29 is 4.74 Å². The molecule has 0 aliphatic carbocycles. The van der Waals surface area contributed by atoms with E-state index in [1.807, 2.05) is 42.6 Å². The number of ether oxygens (including phenoxy) is 1. The molecule has 2 aromatic heterocycles. The number of fused-ring (bicyclic) bond motifs is 1. The highest BCUT2D eigenvalue weighted by molar-refractivity contribution is 9.10. The van der Waals surface area contributed by atoms with Crippen LogP contribution in [0.5, 0.6) is 5.75 Å². The molecular weight excluding hydrogens is 332 g/mol. The minimum absolute atomic E-state index is 0.108. The standard InChI is InChI=1S/C15H15BrN4O/c1-10(11-3-6-13(21-2)7-4-11)17-15-18-14-8-5-12(16)9-20(14)19-15/h3-10H,1-2H3,(H,17,19). The van der Waals surface area contributed by atoms with Crippen molar-refractivity contribution in [3.63, 3.8) is 0 Å². The van der Waals surface area contributed by atoms with Gasteiger partial charge in [-0.15, -0.1) is 5.10 Å². The molecule has 5 nitrogen and oxygen atoms in total. The third-order valence-corrected chi connectivity index (χ3v) is 3.73. The lowest BCUT2D eigenvalue weighted by molar-refractivity contribution is 0.414. The third-order valence-electron chi connectivity index (χ3n) is 3.26. The quantitative estimate of drug-likeness (QED) is 0.782. The summed E-state index contributed by atoms with van der Waals surface area (Å²) in [5.41, 5.74) is 1.96. The van der Waals surface area contributed by atoms with E-state index in [0.717, 1.165) is 21.4 Å². The lowest BCUT2D eigenvalue weighted by atomic mass is 10.1. The average molecular weight is 347 g/mol. The third kappa shape index (κ3) is 3.00. The van der Waals surface area contributed by atoms with E-state index in [-0.39, 0.29) is 6.04 Å². The number of halogens is 1. The minimum Gasteiger partial charge on any atom is -0.497 e. The SMILES string of the molecule is COc1ccc(C(C)Nc2nc3ccc(Br)cn3n2)cc1. The number of hydrogen-bond donors (Lipinski definition) is 1. The zero-order valence-corrected chi connectivity index (χ0v) is 13.3. The molecule has 0 amide bonds. The van der Waals surface area contributed by atoms with Crippen molar-refractivity contribution in [2.75, 3.05) is 12.4 Å². The Labute approximate surface area is 131 Å². The Morgan fingerprint density at radius 1 is 1.19 bits per heavy atom. The molecule has 6 heteroatoms. The van der Waals surface area contributed by atoms with Gasteiger partial charge in [-0.05, 0) is 52.7 Å². The zero-order chi connectivity index (χ0) is 14.8. The van der Waals surface area contributed by atoms with E-state index in [9.17, 15) is 0 Å². The number of benzene rings is 1. The molecular formula is C15H15BrN4O. The van der Waals surface area contributed by atoms with Gasteiger partial charge < -0.3 is 10.1 Å². The van der Waals surface area contributed by atoms with Gasteiger partial charge in [-0.25, -0.2) is 4.52 Å². The smallest absolute Gasteiger partial charge is 0.243 e. The fourth-order valence-corrected chi connectivity index (χ4v) is 2.41. The topological polar surface area (TPSA) is 51.5 Å². The molecule has 3 rings (SSSR count). The van der Waals surface area contributed by atoms with Crippen LogP contribution < -0.4 is 10.1 Å². The van der Waals surface area contributed by atoms with E-state index in [4.69, 9.17) is 4.74 Å². The lowest BCUT2D eigenvalue weighted by Gasteiger charge is -2.12. The van der Waals surface area contributed by atoms with Gasteiger partial charge in [-0.3, -0.25) is 0 Å². The minimum atomic E-state index is 0.108. The first-order valence-corrected chi connectivity index (χ1v) is 7.37. The molecule has 3 aromatic rings. The summed E-state index contributed by atoms with van der Waals surface area (Å²) < 4.78 is 7.88. The summed E-state index contributed by atoms with van der Waals surface area (Å²) >= 11 is 3.42. The molecule has 1 atom stereocenters. The van der Waals surface area contributed by atoms with Crippen molar-refractivity contribution in [3.05, 3.63) is 52.6 Å².